The van der Waals surface area contributed by atoms with E-state index in [1.807, 2.05) is 12.3 Å². The minimum absolute atomic E-state index is 0.0872. The Kier molecular flexibility index (Phi) is 5.45. The van der Waals surface area contributed by atoms with Gasteiger partial charge in [0.25, 0.3) is 0 Å². The summed E-state index contributed by atoms with van der Waals surface area (Å²) < 4.78 is 11.9. The fraction of sp³-hybridized carbons (Fsp3) is 0.448. The van der Waals surface area contributed by atoms with Crippen LogP contribution in [0, 0.1) is 0 Å². The number of epoxide rings is 1. The molecule has 2 N–H and O–H groups in total. The number of benzene rings is 1. The molecule has 3 unspecified atom stereocenters. The van der Waals surface area contributed by atoms with Gasteiger partial charge in [0, 0.05) is 42.9 Å². The molecule has 0 bridgehead atoms. The molecule has 0 saturated carbocycles. The van der Waals surface area contributed by atoms with Crippen molar-refractivity contribution in [2.75, 3.05) is 19.7 Å². The van der Waals surface area contributed by atoms with E-state index in [1.54, 1.807) is 0 Å². The Balaban J connectivity index is 1.01. The number of piperidine rings is 1. The average molecular weight is 484 g/mol. The van der Waals surface area contributed by atoms with Gasteiger partial charge in [0.1, 0.15) is 18.1 Å². The Morgan fingerprint density at radius 1 is 1.25 bits per heavy atom. The summed E-state index contributed by atoms with van der Waals surface area (Å²) in [6, 6.07) is 13.1. The first-order valence-corrected chi connectivity index (χ1v) is 13.2. The third kappa shape index (κ3) is 4.15. The van der Waals surface area contributed by atoms with Gasteiger partial charge in [-0.1, -0.05) is 12.1 Å². The SMILES string of the molecule is CC12CC=C(C3OC3N[C@@H]3CCCN(Cc4ccccn4)C3)C=C1C(c1ccc3c(c1)CCO3)=NN2. The van der Waals surface area contributed by atoms with Crippen molar-refractivity contribution < 1.29 is 9.47 Å². The van der Waals surface area contributed by atoms with Crippen molar-refractivity contribution in [3.63, 3.8) is 0 Å². The van der Waals surface area contributed by atoms with E-state index in [1.165, 1.54) is 29.6 Å². The van der Waals surface area contributed by atoms with E-state index < -0.39 is 0 Å². The Bertz CT molecular complexity index is 1260. The van der Waals surface area contributed by atoms with Gasteiger partial charge >= 0.3 is 0 Å². The average Bonchev–Trinajstić information content (AvgIpc) is 3.33. The number of aromatic nitrogens is 1. The van der Waals surface area contributed by atoms with E-state index in [0.29, 0.717) is 6.04 Å². The fourth-order valence-corrected chi connectivity index (χ4v) is 6.02. The molecule has 186 valence electrons. The molecule has 2 aromatic rings. The van der Waals surface area contributed by atoms with Crippen LogP contribution in [0.4, 0.5) is 0 Å². The Morgan fingerprint density at radius 3 is 3.14 bits per heavy atom. The highest BCUT2D eigenvalue weighted by atomic mass is 16.6. The molecule has 1 aliphatic carbocycles. The van der Waals surface area contributed by atoms with E-state index in [4.69, 9.17) is 14.6 Å². The van der Waals surface area contributed by atoms with E-state index in [0.717, 1.165) is 61.8 Å². The van der Waals surface area contributed by atoms with Gasteiger partial charge in [-0.15, -0.1) is 0 Å². The smallest absolute Gasteiger partial charge is 0.140 e. The van der Waals surface area contributed by atoms with Crippen LogP contribution in [-0.2, 0) is 17.7 Å². The molecule has 7 nitrogen and oxygen atoms in total. The number of hydrogen-bond donors (Lipinski definition) is 2. The highest BCUT2D eigenvalue weighted by molar-refractivity contribution is 6.15. The summed E-state index contributed by atoms with van der Waals surface area (Å²) in [5.41, 5.74) is 10.4. The number of ether oxygens (including phenoxy) is 2. The molecule has 0 amide bonds. The van der Waals surface area contributed by atoms with Crippen molar-refractivity contribution in [2.45, 2.75) is 63.1 Å². The quantitative estimate of drug-likeness (QED) is 0.614. The van der Waals surface area contributed by atoms with Crippen LogP contribution in [-0.4, -0.2) is 59.2 Å². The number of hydrogen-bond acceptors (Lipinski definition) is 7. The van der Waals surface area contributed by atoms with Crippen molar-refractivity contribution in [2.24, 2.45) is 5.10 Å². The molecule has 4 aliphatic heterocycles. The number of fused-ring (bicyclic) bond motifs is 2. The summed E-state index contributed by atoms with van der Waals surface area (Å²) in [7, 11) is 0. The number of pyridine rings is 1. The van der Waals surface area contributed by atoms with Crippen LogP contribution in [0.5, 0.6) is 5.75 Å². The molecule has 1 aromatic carbocycles. The molecule has 5 aliphatic rings. The maximum absolute atomic E-state index is 6.16. The van der Waals surface area contributed by atoms with Gasteiger partial charge in [-0.05, 0) is 80.3 Å². The van der Waals surface area contributed by atoms with Crippen LogP contribution in [0.2, 0.25) is 0 Å². The molecule has 1 aromatic heterocycles. The second kappa shape index (κ2) is 8.83. The summed E-state index contributed by atoms with van der Waals surface area (Å²) in [4.78, 5) is 7.00. The highest BCUT2D eigenvalue weighted by Gasteiger charge is 2.46. The molecule has 7 rings (SSSR count). The summed E-state index contributed by atoms with van der Waals surface area (Å²) in [6.07, 6.45) is 11.0. The monoisotopic (exact) mass is 483 g/mol. The van der Waals surface area contributed by atoms with Crippen LogP contribution in [0.15, 0.2) is 71.0 Å². The molecule has 7 heteroatoms. The van der Waals surface area contributed by atoms with Crippen molar-refractivity contribution in [3.8, 4) is 5.75 Å². The second-order valence-electron chi connectivity index (χ2n) is 10.8. The maximum atomic E-state index is 6.16. The fourth-order valence-electron chi connectivity index (χ4n) is 6.02. The third-order valence-electron chi connectivity index (χ3n) is 8.12. The van der Waals surface area contributed by atoms with E-state index in [2.05, 4.69) is 70.0 Å². The molecule has 2 saturated heterocycles. The molecule has 36 heavy (non-hydrogen) atoms. The normalized spacial score (nSPS) is 30.9. The summed E-state index contributed by atoms with van der Waals surface area (Å²) >= 11 is 0. The topological polar surface area (TPSA) is 74.3 Å². The van der Waals surface area contributed by atoms with Gasteiger partial charge in [0.2, 0.25) is 0 Å². The van der Waals surface area contributed by atoms with Crippen molar-refractivity contribution >= 4 is 5.71 Å². The predicted molar refractivity (Wildman–Crippen MR) is 139 cm³/mol. The van der Waals surface area contributed by atoms with Gasteiger partial charge < -0.3 is 9.47 Å². The minimum Gasteiger partial charge on any atom is -0.493 e. The van der Waals surface area contributed by atoms with Gasteiger partial charge in [0.05, 0.1) is 23.6 Å². The van der Waals surface area contributed by atoms with Gasteiger partial charge in [-0.2, -0.15) is 5.10 Å². The van der Waals surface area contributed by atoms with Crippen LogP contribution in [0.25, 0.3) is 0 Å². The zero-order valence-electron chi connectivity index (χ0n) is 20.7. The molecule has 5 heterocycles. The lowest BCUT2D eigenvalue weighted by atomic mass is 9.79. The minimum atomic E-state index is -0.165. The number of likely N-dealkylation sites (tertiary alicyclic amines) is 1. The molecular weight excluding hydrogens is 450 g/mol. The Hall–Kier alpha value is -3.00. The van der Waals surface area contributed by atoms with Crippen molar-refractivity contribution in [1.29, 1.82) is 0 Å². The Labute approximate surface area is 212 Å². The maximum Gasteiger partial charge on any atom is 0.140 e. The van der Waals surface area contributed by atoms with Gasteiger partial charge in [-0.25, -0.2) is 0 Å². The lowest BCUT2D eigenvalue weighted by Gasteiger charge is -2.32. The molecule has 4 atom stereocenters. The van der Waals surface area contributed by atoms with E-state index in [-0.39, 0.29) is 17.9 Å². The lowest BCUT2D eigenvalue weighted by molar-refractivity contribution is 0.171. The summed E-state index contributed by atoms with van der Waals surface area (Å²) in [5.74, 6) is 1.01. The first-order chi connectivity index (χ1) is 17.6. The van der Waals surface area contributed by atoms with Gasteiger partial charge in [-0.3, -0.25) is 20.6 Å². The van der Waals surface area contributed by atoms with Crippen LogP contribution < -0.4 is 15.5 Å². The second-order valence-corrected chi connectivity index (χ2v) is 10.8. The summed E-state index contributed by atoms with van der Waals surface area (Å²) in [6.45, 7) is 6.08. The van der Waals surface area contributed by atoms with Crippen molar-refractivity contribution in [3.05, 3.63) is 82.7 Å². The first kappa shape index (κ1) is 22.2. The highest BCUT2D eigenvalue weighted by Crippen LogP contribution is 2.40. The van der Waals surface area contributed by atoms with E-state index in [9.17, 15) is 0 Å². The van der Waals surface area contributed by atoms with Crippen molar-refractivity contribution in [1.82, 2.24) is 20.6 Å². The standard InChI is InChI=1S/C29H33N5O2/c1-29-11-9-21(16-24(29)26(32-33-29)20-7-8-25-19(15-20)10-14-35-25)27-28(36-27)31-23-6-4-13-34(18-23)17-22-5-2-3-12-30-22/h2-3,5,7-9,12,15-16,23,27-28,31,33H,4,6,10-11,13-14,17-18H2,1H3/t23-,27?,28?,29?/m1/s1. The predicted octanol–water partition coefficient (Wildman–Crippen LogP) is 3.32. The zero-order chi connectivity index (χ0) is 24.1. The molecule has 2 fully saturated rings. The third-order valence-corrected chi connectivity index (χ3v) is 8.12. The van der Waals surface area contributed by atoms with Crippen LogP contribution in [0.3, 0.4) is 0 Å². The number of nitrogens with one attached hydrogen (secondary N) is 2. The van der Waals surface area contributed by atoms with Gasteiger partial charge in [0.15, 0.2) is 0 Å². The number of rotatable bonds is 6. The lowest BCUT2D eigenvalue weighted by Crippen LogP contribution is -2.46. The van der Waals surface area contributed by atoms with Crippen LogP contribution in [0.1, 0.15) is 43.0 Å². The molecular formula is C29H33N5O2. The largest absolute Gasteiger partial charge is 0.493 e. The molecule has 0 radical (unpaired) electrons. The number of hydrazone groups is 1. The number of nitrogens with zero attached hydrogens (tertiary/aromatic N) is 3. The molecule has 0 spiro atoms. The zero-order valence-corrected chi connectivity index (χ0v) is 20.7. The summed E-state index contributed by atoms with van der Waals surface area (Å²) in [5, 5.41) is 8.56. The Morgan fingerprint density at radius 2 is 2.22 bits per heavy atom. The van der Waals surface area contributed by atoms with E-state index >= 15 is 0 Å². The first-order valence-electron chi connectivity index (χ1n) is 13.2. The van der Waals surface area contributed by atoms with Crippen LogP contribution >= 0.6 is 0 Å².